The van der Waals surface area contributed by atoms with Crippen molar-refractivity contribution in [2.75, 3.05) is 26.4 Å². The largest absolute Gasteiger partial charge is 0.444 e. The van der Waals surface area contributed by atoms with Crippen LogP contribution >= 0.6 is 30.4 Å². The fraction of sp³-hybridized carbons (Fsp3) is 0.400. The summed E-state index contributed by atoms with van der Waals surface area (Å²) in [6, 6.07) is 60.6. The predicted molar refractivity (Wildman–Crippen MR) is 440 cm³/mol. The Labute approximate surface area is 701 Å². The summed E-state index contributed by atoms with van der Waals surface area (Å²) in [6.07, 6.45) is -27.9. The van der Waals surface area contributed by atoms with Crippen LogP contribution in [0.3, 0.4) is 0 Å². The number of amides is 3. The second kappa shape index (κ2) is 46.1. The summed E-state index contributed by atoms with van der Waals surface area (Å²) in [4.78, 5) is 44.8. The summed E-state index contributed by atoms with van der Waals surface area (Å²) >= 11 is 0. The Balaban J connectivity index is 1.06. The highest BCUT2D eigenvalue weighted by atomic mass is 31.2. The van der Waals surface area contributed by atoms with E-state index >= 15 is 27.8 Å². The topological polar surface area (TPSA) is 458 Å². The molecule has 8 aromatic rings. The van der Waals surface area contributed by atoms with Gasteiger partial charge in [-0.2, -0.15) is 0 Å². The molecule has 32 nitrogen and oxygen atoms in total. The van der Waals surface area contributed by atoms with Crippen molar-refractivity contribution in [1.82, 2.24) is 16.0 Å². The molecule has 2 heterocycles. The maximum atomic E-state index is 16.5. The third-order valence-corrected chi connectivity index (χ3v) is 30.4. The van der Waals surface area contributed by atoms with E-state index in [2.05, 4.69) is 16.0 Å². The molecule has 6 unspecified atom stereocenters. The molecule has 12 N–H and O–H groups in total. The average molecular weight is 1760 g/mol. The number of rotatable bonds is 46. The van der Waals surface area contributed by atoms with E-state index in [1.54, 1.807) is 243 Å². The van der Waals surface area contributed by atoms with Gasteiger partial charge in [0, 0.05) is 0 Å². The third-order valence-electron chi connectivity index (χ3n) is 19.4. The first-order valence-electron chi connectivity index (χ1n) is 39.0. The number of alkyl carbamates (subject to hydrolysis) is 1. The van der Waals surface area contributed by atoms with Crippen LogP contribution in [0, 0.1) is 0 Å². The van der Waals surface area contributed by atoms with Gasteiger partial charge in [0.25, 0.3) is 0 Å². The molecule has 36 heteroatoms. The molecule has 121 heavy (non-hydrogen) atoms. The van der Waals surface area contributed by atoms with Crippen LogP contribution in [0.15, 0.2) is 243 Å². The molecule has 3 amide bonds. The highest BCUT2D eigenvalue weighted by molar-refractivity contribution is 7.73. The molecule has 2 aliphatic rings. The van der Waals surface area contributed by atoms with Crippen molar-refractivity contribution >= 4 is 48.3 Å². The zero-order chi connectivity index (χ0) is 86.6. The standard InChI is InChI=1S/C85H105N3O29P4/c1-85(2,3)117-84(100)86-66(46-89)76(96)80(67(93)47-90)115-83-75(88-71(95)45-73(120(103,109-54-62-36-20-8-21-37-62)110-55-63-38-22-9-23-39-63)121(104,111-56-64-40-24-10-25-41-64)112-57-65-42-26-11-27-43-65)79(99)81(69(49-92)114-83)116-82-74(78(98)77(97)68(48-91)113-82)87-70(94)44-72(118(101,105-50-58-28-12-4-13-29-58)106-51-59-30-14-5-15-31-59)119(102,107-52-60-32-16-6-17-33-60)108-53-61-34-18-7-19-35-61/h4-43,66-69,72-83,89-93,96-99H,44-57H2,1-3H3,(H,86,100)(H,87,94)(H,88,95)/t66?,67?,68?,69?,74?,75?,76-,77+,78-,79-,80+,81+,82-,83-/m0/s1. The molecule has 2 saturated heterocycles. The molecule has 0 bridgehead atoms. The lowest BCUT2D eigenvalue weighted by Gasteiger charge is -2.49. The molecule has 10 rings (SSSR count). The zero-order valence-corrected chi connectivity index (χ0v) is 70.3. The molecule has 0 aromatic heterocycles. The monoisotopic (exact) mass is 1760 g/mol. The van der Waals surface area contributed by atoms with Crippen LogP contribution < -0.4 is 16.0 Å². The summed E-state index contributed by atoms with van der Waals surface area (Å²) in [5.74, 6) is -2.63. The lowest BCUT2D eigenvalue weighted by atomic mass is 9.94. The Morgan fingerprint density at radius 3 is 0.942 bits per heavy atom. The predicted octanol–water partition coefficient (Wildman–Crippen LogP) is 9.78. The fourth-order valence-corrected chi connectivity index (χ4v) is 23.2. The van der Waals surface area contributed by atoms with Crippen LogP contribution in [0.2, 0.25) is 0 Å². The lowest BCUT2D eigenvalue weighted by molar-refractivity contribution is -0.341. The molecule has 14 atom stereocenters. The zero-order valence-electron chi connectivity index (χ0n) is 66.7. The Morgan fingerprint density at radius 1 is 0.397 bits per heavy atom. The minimum absolute atomic E-state index is 0.427. The number of hydrogen-bond donors (Lipinski definition) is 12. The van der Waals surface area contributed by atoms with E-state index in [1.165, 1.54) is 20.8 Å². The quantitative estimate of drug-likeness (QED) is 0.0158. The molecule has 0 saturated carbocycles. The van der Waals surface area contributed by atoms with Crippen LogP contribution in [-0.2, 0) is 141 Å². The van der Waals surface area contributed by atoms with Gasteiger partial charge >= 0.3 is 36.5 Å². The molecule has 654 valence electrons. The summed E-state index contributed by atoms with van der Waals surface area (Å²) in [5, 5.41) is 108. The summed E-state index contributed by atoms with van der Waals surface area (Å²) in [5.41, 5.74) is 2.38. The first-order valence-corrected chi connectivity index (χ1v) is 45.5. The molecule has 2 aliphatic heterocycles. The molecular formula is C85H105N3O29P4. The average Bonchev–Trinajstić information content (AvgIpc) is 0.778. The Morgan fingerprint density at radius 2 is 0.678 bits per heavy atom. The van der Waals surface area contributed by atoms with Crippen molar-refractivity contribution in [2.45, 2.75) is 189 Å². The minimum atomic E-state index is -5.23. The van der Waals surface area contributed by atoms with E-state index in [1.807, 2.05) is 0 Å². The summed E-state index contributed by atoms with van der Waals surface area (Å²) < 4.78 is 147. The fourth-order valence-electron chi connectivity index (χ4n) is 13.0. The number of carbonyl (C=O) groups is 3. The number of aliphatic hydroxyl groups excluding tert-OH is 9. The summed E-state index contributed by atoms with van der Waals surface area (Å²) in [7, 11) is -20.8. The Kier molecular flexibility index (Phi) is 36.3. The van der Waals surface area contributed by atoms with Gasteiger partial charge < -0.3 is 122 Å². The Hall–Kier alpha value is -7.95. The Bertz CT molecular complexity index is 4250. The first-order chi connectivity index (χ1) is 58.1. The van der Waals surface area contributed by atoms with Crippen molar-refractivity contribution in [3.05, 3.63) is 287 Å². The van der Waals surface area contributed by atoms with Crippen molar-refractivity contribution < 1.29 is 138 Å². The molecule has 0 aliphatic carbocycles. The number of ether oxygens (including phenoxy) is 5. The molecule has 0 radical (unpaired) electrons. The van der Waals surface area contributed by atoms with Gasteiger partial charge in [-0.1, -0.05) is 243 Å². The van der Waals surface area contributed by atoms with Gasteiger partial charge in [-0.3, -0.25) is 27.8 Å². The van der Waals surface area contributed by atoms with Gasteiger partial charge in [0.05, 0.1) is 98.2 Å². The van der Waals surface area contributed by atoms with Gasteiger partial charge in [0.2, 0.25) is 11.8 Å². The highest BCUT2D eigenvalue weighted by Gasteiger charge is 2.58. The van der Waals surface area contributed by atoms with Gasteiger partial charge in [0.15, 0.2) is 23.4 Å². The third kappa shape index (κ3) is 27.8. The lowest BCUT2D eigenvalue weighted by Crippen LogP contribution is -2.70. The van der Waals surface area contributed by atoms with E-state index in [-0.39, 0.29) is 0 Å². The summed E-state index contributed by atoms with van der Waals surface area (Å²) in [6.45, 7) is -3.99. The number of benzene rings is 8. The second-order valence-corrected chi connectivity index (χ2v) is 39.3. The number of nitrogens with one attached hydrogen (secondary N) is 3. The first kappa shape index (κ1) is 95.3. The number of hydrogen-bond acceptors (Lipinski definition) is 29. The van der Waals surface area contributed by atoms with Crippen molar-refractivity contribution in [3.63, 3.8) is 0 Å². The van der Waals surface area contributed by atoms with Crippen LogP contribution in [-0.4, -0.2) is 192 Å². The van der Waals surface area contributed by atoms with Crippen molar-refractivity contribution in [1.29, 1.82) is 0 Å². The maximum Gasteiger partial charge on any atom is 0.408 e. The van der Waals surface area contributed by atoms with Gasteiger partial charge in [-0.15, -0.1) is 0 Å². The maximum absolute atomic E-state index is 16.5. The van der Waals surface area contributed by atoms with Gasteiger partial charge in [-0.25, -0.2) is 4.79 Å². The SMILES string of the molecule is CC(C)(C)OC(=O)NC(CO)[C@H](O)[C@H](O[C@@H]1OC(CO)[C@@H](O[C@@H]2OC(CO)[C@@H](O)[C@@H](O)C2NC(=O)CC(P(=O)(OCc2ccccc2)OCc2ccccc2)P(=O)(OCc2ccccc2)OCc2ccccc2)[C@@H](O)C1NC(=O)CC(P(=O)(OCc1ccccc1)OCc1ccccc1)P(=O)(OCc1ccccc1)OCc1ccccc1)C(O)CO. The van der Waals surface area contributed by atoms with Gasteiger partial charge in [0.1, 0.15) is 72.6 Å². The van der Waals surface area contributed by atoms with E-state index in [0.29, 0.717) is 44.5 Å². The molecule has 8 aromatic carbocycles. The van der Waals surface area contributed by atoms with Crippen LogP contribution in [0.4, 0.5) is 4.79 Å². The number of aliphatic hydroxyl groups is 9. The molecule has 0 spiro atoms. The van der Waals surface area contributed by atoms with E-state index < -0.39 is 242 Å². The minimum Gasteiger partial charge on any atom is -0.444 e. The molecule has 2 fully saturated rings. The van der Waals surface area contributed by atoms with E-state index in [0.717, 1.165) is 0 Å². The highest BCUT2D eigenvalue weighted by Crippen LogP contribution is 2.74. The van der Waals surface area contributed by atoms with Crippen LogP contribution in [0.25, 0.3) is 0 Å². The molecular weight excluding hydrogens is 1650 g/mol. The van der Waals surface area contributed by atoms with E-state index in [9.17, 15) is 50.8 Å². The smallest absolute Gasteiger partial charge is 0.408 e. The van der Waals surface area contributed by atoms with Gasteiger partial charge in [-0.05, 0) is 65.3 Å². The normalized spacial score (nSPS) is 20.9. The van der Waals surface area contributed by atoms with Crippen molar-refractivity contribution in [2.24, 2.45) is 0 Å². The second-order valence-electron chi connectivity index (χ2n) is 29.6. The van der Waals surface area contributed by atoms with E-state index in [4.69, 9.17) is 59.9 Å². The van der Waals surface area contributed by atoms with Crippen molar-refractivity contribution in [3.8, 4) is 0 Å². The number of carbonyl (C=O) groups excluding carboxylic acids is 3. The van der Waals surface area contributed by atoms with Crippen LogP contribution in [0.1, 0.15) is 78.1 Å². The van der Waals surface area contributed by atoms with Crippen LogP contribution in [0.5, 0.6) is 0 Å².